The van der Waals surface area contributed by atoms with Gasteiger partial charge in [-0.1, -0.05) is 32.0 Å². The van der Waals surface area contributed by atoms with E-state index in [-0.39, 0.29) is 19.2 Å². The predicted molar refractivity (Wildman–Crippen MR) is 80.1 cm³/mol. The van der Waals surface area contributed by atoms with Crippen LogP contribution >= 0.6 is 0 Å². The molecule has 0 aromatic heterocycles. The number of amides is 2. The minimum Gasteiger partial charge on any atom is -0.389 e. The van der Waals surface area contributed by atoms with Crippen LogP contribution in [0.3, 0.4) is 0 Å². The van der Waals surface area contributed by atoms with Crippen LogP contribution in [-0.4, -0.2) is 49.5 Å². The summed E-state index contributed by atoms with van der Waals surface area (Å²) in [5, 5.41) is 12.5. The van der Waals surface area contributed by atoms with Gasteiger partial charge in [0.2, 0.25) is 0 Å². The smallest absolute Gasteiger partial charge is 0.321 e. The van der Waals surface area contributed by atoms with Gasteiger partial charge in [-0.05, 0) is 17.5 Å². The molecule has 0 saturated carbocycles. The Hall–Kier alpha value is -1.59. The number of nitrogens with one attached hydrogen (secondary N) is 1. The van der Waals surface area contributed by atoms with Gasteiger partial charge in [-0.2, -0.15) is 0 Å². The molecular weight excluding hydrogens is 256 g/mol. The molecule has 1 unspecified atom stereocenters. The van der Waals surface area contributed by atoms with E-state index in [9.17, 15) is 9.90 Å². The molecule has 1 atom stereocenters. The Morgan fingerprint density at radius 2 is 2.05 bits per heavy atom. The lowest BCUT2D eigenvalue weighted by atomic mass is 10.0. The van der Waals surface area contributed by atoms with Crippen molar-refractivity contribution in [2.45, 2.75) is 25.9 Å². The fourth-order valence-electron chi connectivity index (χ4n) is 1.97. The first-order chi connectivity index (χ1) is 9.45. The summed E-state index contributed by atoms with van der Waals surface area (Å²) in [6.45, 7) is 4.60. The Kier molecular flexibility index (Phi) is 6.48. The number of aliphatic hydroxyl groups excluding tert-OH is 1. The number of carbonyl (C=O) groups excluding carboxylic acids is 1. The number of aliphatic hydroxyl groups is 1. The standard InChI is InChI=1S/C15H24N2O3/c1-11(2)13-7-5-6-8-14(13)16-15(19)17(3)9-12(18)10-20-4/h5-8,11-12,18H,9-10H2,1-4H3,(H,16,19). The second kappa shape index (κ2) is 7.87. The van der Waals surface area contributed by atoms with Crippen molar-refractivity contribution in [3.05, 3.63) is 29.8 Å². The van der Waals surface area contributed by atoms with Gasteiger partial charge in [0.15, 0.2) is 0 Å². The van der Waals surface area contributed by atoms with E-state index in [0.29, 0.717) is 5.92 Å². The molecule has 0 radical (unpaired) electrons. The molecule has 5 nitrogen and oxygen atoms in total. The summed E-state index contributed by atoms with van der Waals surface area (Å²) >= 11 is 0. The molecule has 1 rings (SSSR count). The van der Waals surface area contributed by atoms with E-state index in [4.69, 9.17) is 4.74 Å². The molecule has 0 bridgehead atoms. The van der Waals surface area contributed by atoms with Crippen molar-refractivity contribution >= 4 is 11.7 Å². The number of anilines is 1. The lowest BCUT2D eigenvalue weighted by Crippen LogP contribution is -2.38. The van der Waals surface area contributed by atoms with Crippen molar-refractivity contribution in [2.75, 3.05) is 32.6 Å². The Morgan fingerprint density at radius 3 is 2.65 bits per heavy atom. The van der Waals surface area contributed by atoms with Gasteiger partial charge < -0.3 is 20.1 Å². The second-order valence-electron chi connectivity index (χ2n) is 5.16. The lowest BCUT2D eigenvalue weighted by molar-refractivity contribution is 0.0501. The monoisotopic (exact) mass is 280 g/mol. The van der Waals surface area contributed by atoms with Crippen molar-refractivity contribution in [2.24, 2.45) is 0 Å². The number of hydrogen-bond acceptors (Lipinski definition) is 3. The number of para-hydroxylation sites is 1. The molecule has 0 aliphatic rings. The van der Waals surface area contributed by atoms with Crippen LogP contribution in [0.15, 0.2) is 24.3 Å². The van der Waals surface area contributed by atoms with E-state index in [1.165, 1.54) is 12.0 Å². The lowest BCUT2D eigenvalue weighted by Gasteiger charge is -2.22. The average Bonchev–Trinajstić information content (AvgIpc) is 2.39. The van der Waals surface area contributed by atoms with Gasteiger partial charge >= 0.3 is 6.03 Å². The molecule has 0 fully saturated rings. The van der Waals surface area contributed by atoms with Gasteiger partial charge in [-0.15, -0.1) is 0 Å². The molecule has 0 aliphatic carbocycles. The quantitative estimate of drug-likeness (QED) is 0.840. The van der Waals surface area contributed by atoms with Gasteiger partial charge in [-0.25, -0.2) is 4.79 Å². The highest BCUT2D eigenvalue weighted by molar-refractivity contribution is 5.90. The summed E-state index contributed by atoms with van der Waals surface area (Å²) in [4.78, 5) is 13.5. The van der Waals surface area contributed by atoms with Crippen LogP contribution in [0.1, 0.15) is 25.3 Å². The van der Waals surface area contributed by atoms with Crippen LogP contribution in [-0.2, 0) is 4.74 Å². The van der Waals surface area contributed by atoms with Crippen molar-refractivity contribution in [1.29, 1.82) is 0 Å². The molecule has 2 amide bonds. The van der Waals surface area contributed by atoms with Gasteiger partial charge in [0.05, 0.1) is 19.3 Å². The molecule has 0 heterocycles. The second-order valence-corrected chi connectivity index (χ2v) is 5.16. The third-order valence-electron chi connectivity index (χ3n) is 3.01. The van der Waals surface area contributed by atoms with Crippen molar-refractivity contribution < 1.29 is 14.6 Å². The third kappa shape index (κ3) is 4.83. The Bertz CT molecular complexity index is 435. The van der Waals surface area contributed by atoms with E-state index in [1.54, 1.807) is 7.05 Å². The fourth-order valence-corrected chi connectivity index (χ4v) is 1.97. The van der Waals surface area contributed by atoms with E-state index >= 15 is 0 Å². The number of methoxy groups -OCH3 is 1. The molecule has 20 heavy (non-hydrogen) atoms. The van der Waals surface area contributed by atoms with Gasteiger partial charge in [0.1, 0.15) is 0 Å². The molecule has 0 saturated heterocycles. The number of hydrogen-bond donors (Lipinski definition) is 2. The molecular formula is C15H24N2O3. The maximum Gasteiger partial charge on any atom is 0.321 e. The Morgan fingerprint density at radius 1 is 1.40 bits per heavy atom. The first-order valence-corrected chi connectivity index (χ1v) is 6.73. The summed E-state index contributed by atoms with van der Waals surface area (Å²) in [7, 11) is 3.16. The predicted octanol–water partition coefficient (Wildman–Crippen LogP) is 2.28. The average molecular weight is 280 g/mol. The largest absolute Gasteiger partial charge is 0.389 e. The van der Waals surface area contributed by atoms with Gasteiger partial charge in [0, 0.05) is 19.8 Å². The Balaban J connectivity index is 2.66. The van der Waals surface area contributed by atoms with Crippen molar-refractivity contribution in [1.82, 2.24) is 4.90 Å². The zero-order valence-corrected chi connectivity index (χ0v) is 12.6. The van der Waals surface area contributed by atoms with E-state index in [2.05, 4.69) is 19.2 Å². The van der Waals surface area contributed by atoms with E-state index in [1.807, 2.05) is 24.3 Å². The number of ether oxygens (including phenoxy) is 1. The van der Waals surface area contributed by atoms with Crippen LogP contribution in [0.2, 0.25) is 0 Å². The van der Waals surface area contributed by atoms with E-state index < -0.39 is 6.10 Å². The van der Waals surface area contributed by atoms with Gasteiger partial charge in [0.25, 0.3) is 0 Å². The molecule has 1 aromatic rings. The number of carbonyl (C=O) groups is 1. The highest BCUT2D eigenvalue weighted by atomic mass is 16.5. The molecule has 0 aliphatic heterocycles. The van der Waals surface area contributed by atoms with Crippen LogP contribution in [0.4, 0.5) is 10.5 Å². The number of nitrogens with zero attached hydrogens (tertiary/aromatic N) is 1. The molecule has 5 heteroatoms. The zero-order chi connectivity index (χ0) is 15.1. The minimum absolute atomic E-state index is 0.209. The van der Waals surface area contributed by atoms with E-state index in [0.717, 1.165) is 11.3 Å². The maximum absolute atomic E-state index is 12.1. The zero-order valence-electron chi connectivity index (χ0n) is 12.6. The number of benzene rings is 1. The summed E-state index contributed by atoms with van der Waals surface area (Å²) in [6, 6.07) is 7.48. The highest BCUT2D eigenvalue weighted by Crippen LogP contribution is 2.23. The number of likely N-dealkylation sites (N-methyl/N-ethyl adjacent to an activating group) is 1. The van der Waals surface area contributed by atoms with Crippen LogP contribution in [0.5, 0.6) is 0 Å². The summed E-state index contributed by atoms with van der Waals surface area (Å²) in [5.74, 6) is 0.330. The molecule has 112 valence electrons. The number of urea groups is 1. The normalized spacial score (nSPS) is 12.3. The van der Waals surface area contributed by atoms with Crippen LogP contribution in [0, 0.1) is 0 Å². The topological polar surface area (TPSA) is 61.8 Å². The number of rotatable bonds is 6. The fraction of sp³-hybridized carbons (Fsp3) is 0.533. The SMILES string of the molecule is COCC(O)CN(C)C(=O)Nc1ccccc1C(C)C. The molecule has 2 N–H and O–H groups in total. The summed E-state index contributed by atoms with van der Waals surface area (Å²) in [5.41, 5.74) is 1.90. The first kappa shape index (κ1) is 16.5. The van der Waals surface area contributed by atoms with Crippen molar-refractivity contribution in [3.8, 4) is 0 Å². The van der Waals surface area contributed by atoms with Crippen LogP contribution in [0.25, 0.3) is 0 Å². The van der Waals surface area contributed by atoms with Crippen molar-refractivity contribution in [3.63, 3.8) is 0 Å². The minimum atomic E-state index is -0.684. The van der Waals surface area contributed by atoms with Crippen LogP contribution < -0.4 is 5.32 Å². The maximum atomic E-state index is 12.1. The summed E-state index contributed by atoms with van der Waals surface area (Å²) in [6.07, 6.45) is -0.684. The molecule has 1 aromatic carbocycles. The highest BCUT2D eigenvalue weighted by Gasteiger charge is 2.15. The third-order valence-corrected chi connectivity index (χ3v) is 3.01. The Labute approximate surface area is 120 Å². The molecule has 0 spiro atoms. The summed E-state index contributed by atoms with van der Waals surface area (Å²) < 4.78 is 4.84. The van der Waals surface area contributed by atoms with Gasteiger partial charge in [-0.3, -0.25) is 0 Å². The first-order valence-electron chi connectivity index (χ1n) is 6.73.